The fraction of sp³-hybridized carbons (Fsp3) is 0.273. The minimum absolute atomic E-state index is 0.431. The van der Waals surface area contributed by atoms with Crippen molar-refractivity contribution in [3.63, 3.8) is 0 Å². The van der Waals surface area contributed by atoms with Crippen LogP contribution >= 0.6 is 0 Å². The van der Waals surface area contributed by atoms with Crippen molar-refractivity contribution in [1.29, 1.82) is 5.26 Å². The number of aldehydes is 1. The molecule has 0 fully saturated rings. The van der Waals surface area contributed by atoms with Crippen LogP contribution in [0.25, 0.3) is 0 Å². The van der Waals surface area contributed by atoms with Gasteiger partial charge in [0.25, 0.3) is 0 Å². The van der Waals surface area contributed by atoms with Gasteiger partial charge < -0.3 is 4.74 Å². The van der Waals surface area contributed by atoms with E-state index in [1.54, 1.807) is 13.0 Å². The molecule has 0 aliphatic rings. The number of aryl methyl sites for hydroxylation is 1. The predicted octanol–water partition coefficient (Wildman–Crippen LogP) is 2.00. The molecule has 0 bridgehead atoms. The molecule has 0 saturated carbocycles. The maximum Gasteiger partial charge on any atom is 0.150 e. The van der Waals surface area contributed by atoms with Crippen LogP contribution in [0.2, 0.25) is 0 Å². The maximum atomic E-state index is 10.8. The van der Waals surface area contributed by atoms with Crippen LogP contribution in [-0.4, -0.2) is 13.4 Å². The molecule has 0 aliphatic heterocycles. The summed E-state index contributed by atoms with van der Waals surface area (Å²) in [5, 5.41) is 8.90. The van der Waals surface area contributed by atoms with Gasteiger partial charge in [0, 0.05) is 5.56 Å². The van der Waals surface area contributed by atoms with Gasteiger partial charge in [-0.2, -0.15) is 5.26 Å². The summed E-state index contributed by atoms with van der Waals surface area (Å²) in [4.78, 5) is 10.8. The highest BCUT2D eigenvalue weighted by molar-refractivity contribution is 5.82. The van der Waals surface area contributed by atoms with Crippen molar-refractivity contribution in [2.75, 3.05) is 7.11 Å². The molecule has 0 aromatic heterocycles. The van der Waals surface area contributed by atoms with E-state index in [0.29, 0.717) is 22.4 Å². The summed E-state index contributed by atoms with van der Waals surface area (Å²) >= 11 is 0. The van der Waals surface area contributed by atoms with Gasteiger partial charge in [0.15, 0.2) is 6.29 Å². The van der Waals surface area contributed by atoms with E-state index in [4.69, 9.17) is 10.00 Å². The molecule has 0 saturated heterocycles. The second-order valence-corrected chi connectivity index (χ2v) is 3.04. The molecule has 0 heterocycles. The molecule has 0 aliphatic carbocycles. The highest BCUT2D eigenvalue weighted by atomic mass is 16.5. The zero-order valence-electron chi connectivity index (χ0n) is 8.42. The van der Waals surface area contributed by atoms with Crippen LogP contribution in [0.5, 0.6) is 5.75 Å². The van der Waals surface area contributed by atoms with Gasteiger partial charge in [-0.05, 0) is 31.0 Å². The van der Waals surface area contributed by atoms with E-state index in [2.05, 4.69) is 0 Å². The van der Waals surface area contributed by atoms with Crippen molar-refractivity contribution in [2.24, 2.45) is 0 Å². The molecule has 0 radical (unpaired) electrons. The first kappa shape index (κ1) is 10.3. The van der Waals surface area contributed by atoms with E-state index in [1.165, 1.54) is 7.11 Å². The van der Waals surface area contributed by atoms with E-state index < -0.39 is 0 Å². The Bertz CT molecular complexity index is 416. The van der Waals surface area contributed by atoms with Crippen LogP contribution in [0.15, 0.2) is 6.07 Å². The number of ether oxygens (including phenoxy) is 1. The summed E-state index contributed by atoms with van der Waals surface area (Å²) in [7, 11) is 1.51. The van der Waals surface area contributed by atoms with Crippen molar-refractivity contribution in [1.82, 2.24) is 0 Å². The Morgan fingerprint density at radius 2 is 2.14 bits per heavy atom. The lowest BCUT2D eigenvalue weighted by atomic mass is 9.98. The van der Waals surface area contributed by atoms with Crippen molar-refractivity contribution < 1.29 is 9.53 Å². The van der Waals surface area contributed by atoms with Crippen LogP contribution in [0.1, 0.15) is 27.0 Å². The molecule has 1 rings (SSSR count). The third kappa shape index (κ3) is 1.47. The molecule has 0 amide bonds. The second kappa shape index (κ2) is 3.93. The smallest absolute Gasteiger partial charge is 0.150 e. The average molecular weight is 189 g/mol. The lowest BCUT2D eigenvalue weighted by Gasteiger charge is -2.09. The number of carbonyl (C=O) groups excluding carboxylic acids is 1. The van der Waals surface area contributed by atoms with Gasteiger partial charge in [-0.25, -0.2) is 0 Å². The summed E-state index contributed by atoms with van der Waals surface area (Å²) in [5.41, 5.74) is 2.51. The first-order chi connectivity index (χ1) is 6.65. The number of nitriles is 1. The summed E-state index contributed by atoms with van der Waals surface area (Å²) in [6.45, 7) is 3.57. The minimum Gasteiger partial charge on any atom is -0.495 e. The average Bonchev–Trinajstić information content (AvgIpc) is 2.17. The highest BCUT2D eigenvalue weighted by Gasteiger charge is 2.12. The summed E-state index contributed by atoms with van der Waals surface area (Å²) in [5.74, 6) is 0.521. The Hall–Kier alpha value is -1.82. The predicted molar refractivity (Wildman–Crippen MR) is 52.6 cm³/mol. The number of hydrogen-bond donors (Lipinski definition) is 0. The highest BCUT2D eigenvalue weighted by Crippen LogP contribution is 2.26. The van der Waals surface area contributed by atoms with E-state index in [-0.39, 0.29) is 0 Å². The maximum absolute atomic E-state index is 10.8. The Balaban J connectivity index is 3.57. The Kier molecular flexibility index (Phi) is 2.88. The molecule has 14 heavy (non-hydrogen) atoms. The fourth-order valence-corrected chi connectivity index (χ4v) is 1.44. The molecule has 1 aromatic carbocycles. The fourth-order valence-electron chi connectivity index (χ4n) is 1.44. The number of nitrogens with zero attached hydrogens (tertiary/aromatic N) is 1. The quantitative estimate of drug-likeness (QED) is 0.668. The van der Waals surface area contributed by atoms with E-state index in [9.17, 15) is 4.79 Å². The summed E-state index contributed by atoms with van der Waals surface area (Å²) in [6, 6.07) is 3.74. The van der Waals surface area contributed by atoms with E-state index in [0.717, 1.165) is 11.8 Å². The molecule has 0 spiro atoms. The van der Waals surface area contributed by atoms with E-state index in [1.807, 2.05) is 13.0 Å². The minimum atomic E-state index is 0.431. The summed E-state index contributed by atoms with van der Waals surface area (Å²) < 4.78 is 5.06. The first-order valence-electron chi connectivity index (χ1n) is 4.19. The molecule has 0 unspecified atom stereocenters. The number of hydrogen-bond acceptors (Lipinski definition) is 3. The SMILES string of the molecule is COc1cc(C)c(C=O)c(C)c1C#N. The van der Waals surface area contributed by atoms with Gasteiger partial charge in [-0.1, -0.05) is 0 Å². The normalized spacial score (nSPS) is 9.29. The monoisotopic (exact) mass is 189 g/mol. The van der Waals surface area contributed by atoms with Crippen molar-refractivity contribution in [2.45, 2.75) is 13.8 Å². The van der Waals surface area contributed by atoms with Crippen molar-refractivity contribution in [3.8, 4) is 11.8 Å². The Labute approximate surface area is 82.9 Å². The molecule has 0 atom stereocenters. The van der Waals surface area contributed by atoms with Crippen LogP contribution in [-0.2, 0) is 0 Å². The number of rotatable bonds is 2. The molecule has 3 nitrogen and oxygen atoms in total. The van der Waals surface area contributed by atoms with Crippen LogP contribution < -0.4 is 4.74 Å². The standard InChI is InChI=1S/C11H11NO2/c1-7-4-11(14-3)9(5-12)8(2)10(7)6-13/h4,6H,1-3H3. The third-order valence-electron chi connectivity index (χ3n) is 2.25. The largest absolute Gasteiger partial charge is 0.495 e. The number of benzene rings is 1. The zero-order valence-corrected chi connectivity index (χ0v) is 8.42. The van der Waals surface area contributed by atoms with Crippen LogP contribution in [0, 0.1) is 25.2 Å². The summed E-state index contributed by atoms with van der Waals surface area (Å²) in [6.07, 6.45) is 0.769. The van der Waals surface area contributed by atoms with Gasteiger partial charge in [0.2, 0.25) is 0 Å². The van der Waals surface area contributed by atoms with Gasteiger partial charge in [-0.3, -0.25) is 4.79 Å². The Morgan fingerprint density at radius 1 is 1.50 bits per heavy atom. The van der Waals surface area contributed by atoms with Gasteiger partial charge in [0.1, 0.15) is 11.8 Å². The molecular formula is C11H11NO2. The molecule has 0 N–H and O–H groups in total. The van der Waals surface area contributed by atoms with Gasteiger partial charge in [-0.15, -0.1) is 0 Å². The zero-order chi connectivity index (χ0) is 10.7. The van der Waals surface area contributed by atoms with Crippen LogP contribution in [0.4, 0.5) is 0 Å². The van der Waals surface area contributed by atoms with Crippen molar-refractivity contribution in [3.05, 3.63) is 28.3 Å². The van der Waals surface area contributed by atoms with Crippen molar-refractivity contribution >= 4 is 6.29 Å². The molecular weight excluding hydrogens is 178 g/mol. The van der Waals surface area contributed by atoms with Gasteiger partial charge in [0.05, 0.1) is 12.7 Å². The second-order valence-electron chi connectivity index (χ2n) is 3.04. The number of carbonyl (C=O) groups is 1. The molecule has 72 valence electrons. The lowest BCUT2D eigenvalue weighted by molar-refractivity contribution is 0.112. The first-order valence-corrected chi connectivity index (χ1v) is 4.19. The third-order valence-corrected chi connectivity index (χ3v) is 2.25. The van der Waals surface area contributed by atoms with Crippen LogP contribution in [0.3, 0.4) is 0 Å². The number of methoxy groups -OCH3 is 1. The lowest BCUT2D eigenvalue weighted by Crippen LogP contribution is -1.98. The van der Waals surface area contributed by atoms with E-state index >= 15 is 0 Å². The van der Waals surface area contributed by atoms with Gasteiger partial charge >= 0.3 is 0 Å². The topological polar surface area (TPSA) is 50.1 Å². The molecule has 3 heteroatoms. The molecule has 1 aromatic rings. The Morgan fingerprint density at radius 3 is 2.57 bits per heavy atom.